The van der Waals surface area contributed by atoms with E-state index in [1.165, 1.54) is 12.0 Å². The molecule has 0 heterocycles. The first-order valence-electron chi connectivity index (χ1n) is 5.21. The lowest BCUT2D eigenvalue weighted by Gasteiger charge is -2.25. The van der Waals surface area contributed by atoms with E-state index in [1.807, 2.05) is 0 Å². The normalized spacial score (nSPS) is 11.6. The number of benzene rings is 1. The lowest BCUT2D eigenvalue weighted by Crippen LogP contribution is -2.17. The Morgan fingerprint density at radius 3 is 2.36 bits per heavy atom. The summed E-state index contributed by atoms with van der Waals surface area (Å²) in [5.74, 6) is 0. The molecule has 0 saturated carbocycles. The second kappa shape index (κ2) is 5.16. The molecule has 0 radical (unpaired) electrons. The molecule has 1 nitrogen and oxygen atoms in total. The maximum absolute atomic E-state index is 5.07. The predicted molar refractivity (Wildman–Crippen MR) is 60.6 cm³/mol. The molecule has 0 unspecified atom stereocenters. The van der Waals surface area contributed by atoms with Crippen molar-refractivity contribution >= 4 is 0 Å². The van der Waals surface area contributed by atoms with Crippen LogP contribution < -0.4 is 0 Å². The van der Waals surface area contributed by atoms with Crippen molar-refractivity contribution in [2.45, 2.75) is 32.1 Å². The molecular weight excluding hydrogens is 172 g/mol. The van der Waals surface area contributed by atoms with Crippen LogP contribution in [0, 0.1) is 0 Å². The van der Waals surface area contributed by atoms with Gasteiger partial charge in [-0.3, -0.25) is 0 Å². The van der Waals surface area contributed by atoms with Crippen molar-refractivity contribution < 1.29 is 4.74 Å². The van der Waals surface area contributed by atoms with Gasteiger partial charge in [0.25, 0.3) is 0 Å². The number of methoxy groups -OCH3 is 1. The van der Waals surface area contributed by atoms with E-state index >= 15 is 0 Å². The standard InChI is InChI=1S/C13H20O/c1-13(2,10-7-11-14-3)12-8-5-4-6-9-12/h4-6,8-9H,7,10-11H2,1-3H3. The highest BCUT2D eigenvalue weighted by Gasteiger charge is 2.19. The molecule has 1 aromatic carbocycles. The monoisotopic (exact) mass is 192 g/mol. The van der Waals surface area contributed by atoms with Gasteiger partial charge >= 0.3 is 0 Å². The summed E-state index contributed by atoms with van der Waals surface area (Å²) in [6.45, 7) is 5.44. The van der Waals surface area contributed by atoms with Crippen LogP contribution in [0.5, 0.6) is 0 Å². The summed E-state index contributed by atoms with van der Waals surface area (Å²) in [4.78, 5) is 0. The van der Waals surface area contributed by atoms with Crippen LogP contribution in [-0.4, -0.2) is 13.7 Å². The van der Waals surface area contributed by atoms with Crippen LogP contribution in [0.3, 0.4) is 0 Å². The fourth-order valence-corrected chi connectivity index (χ4v) is 1.69. The number of ether oxygens (including phenoxy) is 1. The summed E-state index contributed by atoms with van der Waals surface area (Å²) in [6.07, 6.45) is 2.29. The molecule has 0 aromatic heterocycles. The van der Waals surface area contributed by atoms with Crippen LogP contribution in [0.4, 0.5) is 0 Å². The smallest absolute Gasteiger partial charge is 0.0462 e. The highest BCUT2D eigenvalue weighted by atomic mass is 16.5. The summed E-state index contributed by atoms with van der Waals surface area (Å²) in [7, 11) is 1.76. The average Bonchev–Trinajstić information content (AvgIpc) is 2.19. The van der Waals surface area contributed by atoms with Gasteiger partial charge in [0.15, 0.2) is 0 Å². The van der Waals surface area contributed by atoms with Crippen LogP contribution in [0.2, 0.25) is 0 Å². The van der Waals surface area contributed by atoms with Crippen LogP contribution in [-0.2, 0) is 10.2 Å². The van der Waals surface area contributed by atoms with E-state index in [1.54, 1.807) is 7.11 Å². The van der Waals surface area contributed by atoms with Gasteiger partial charge in [-0.2, -0.15) is 0 Å². The quantitative estimate of drug-likeness (QED) is 0.650. The van der Waals surface area contributed by atoms with Crippen molar-refractivity contribution in [3.63, 3.8) is 0 Å². The Bertz CT molecular complexity index is 251. The summed E-state index contributed by atoms with van der Waals surface area (Å²) in [5, 5.41) is 0. The largest absolute Gasteiger partial charge is 0.385 e. The zero-order valence-electron chi connectivity index (χ0n) is 9.42. The molecule has 0 aliphatic rings. The van der Waals surface area contributed by atoms with Gasteiger partial charge in [0.1, 0.15) is 0 Å². The molecule has 78 valence electrons. The van der Waals surface area contributed by atoms with Gasteiger partial charge in [-0.25, -0.2) is 0 Å². The van der Waals surface area contributed by atoms with Crippen molar-refractivity contribution in [2.24, 2.45) is 0 Å². The first-order valence-corrected chi connectivity index (χ1v) is 5.21. The third-order valence-corrected chi connectivity index (χ3v) is 2.71. The topological polar surface area (TPSA) is 9.23 Å². The van der Waals surface area contributed by atoms with E-state index in [9.17, 15) is 0 Å². The number of hydrogen-bond acceptors (Lipinski definition) is 1. The lowest BCUT2D eigenvalue weighted by molar-refractivity contribution is 0.185. The van der Waals surface area contributed by atoms with Crippen LogP contribution in [0.25, 0.3) is 0 Å². The Hall–Kier alpha value is -0.820. The van der Waals surface area contributed by atoms with E-state index in [-0.39, 0.29) is 5.41 Å². The molecule has 0 amide bonds. The zero-order valence-corrected chi connectivity index (χ0v) is 9.42. The molecule has 0 aliphatic heterocycles. The SMILES string of the molecule is COCCCC(C)(C)c1ccccc1. The molecule has 0 aliphatic carbocycles. The van der Waals surface area contributed by atoms with Gasteiger partial charge in [-0.15, -0.1) is 0 Å². The molecule has 1 heteroatoms. The van der Waals surface area contributed by atoms with E-state index in [2.05, 4.69) is 44.2 Å². The minimum absolute atomic E-state index is 0.264. The zero-order chi connectivity index (χ0) is 10.4. The minimum Gasteiger partial charge on any atom is -0.385 e. The van der Waals surface area contributed by atoms with E-state index in [0.29, 0.717) is 0 Å². The number of rotatable bonds is 5. The Kier molecular flexibility index (Phi) is 4.15. The molecule has 0 spiro atoms. The van der Waals surface area contributed by atoms with Crippen molar-refractivity contribution in [1.82, 2.24) is 0 Å². The average molecular weight is 192 g/mol. The maximum Gasteiger partial charge on any atom is 0.0462 e. The molecule has 0 bridgehead atoms. The number of hydrogen-bond donors (Lipinski definition) is 0. The fraction of sp³-hybridized carbons (Fsp3) is 0.538. The van der Waals surface area contributed by atoms with E-state index in [0.717, 1.165) is 13.0 Å². The second-order valence-electron chi connectivity index (χ2n) is 4.35. The Balaban J connectivity index is 2.56. The Morgan fingerprint density at radius 1 is 1.14 bits per heavy atom. The van der Waals surface area contributed by atoms with Gasteiger partial charge in [-0.1, -0.05) is 44.2 Å². The highest BCUT2D eigenvalue weighted by Crippen LogP contribution is 2.27. The fourth-order valence-electron chi connectivity index (χ4n) is 1.69. The van der Waals surface area contributed by atoms with E-state index < -0.39 is 0 Å². The van der Waals surface area contributed by atoms with Crippen molar-refractivity contribution in [1.29, 1.82) is 0 Å². The van der Waals surface area contributed by atoms with Crippen molar-refractivity contribution in [3.05, 3.63) is 35.9 Å². The molecule has 0 atom stereocenters. The summed E-state index contributed by atoms with van der Waals surface area (Å²) >= 11 is 0. The molecule has 0 saturated heterocycles. The highest BCUT2D eigenvalue weighted by molar-refractivity contribution is 5.23. The third-order valence-electron chi connectivity index (χ3n) is 2.71. The van der Waals surface area contributed by atoms with Crippen molar-refractivity contribution in [3.8, 4) is 0 Å². The van der Waals surface area contributed by atoms with Gasteiger partial charge in [0.05, 0.1) is 0 Å². The first-order chi connectivity index (χ1) is 6.67. The lowest BCUT2D eigenvalue weighted by atomic mass is 9.81. The molecule has 0 N–H and O–H groups in total. The minimum atomic E-state index is 0.264. The molecule has 14 heavy (non-hydrogen) atoms. The van der Waals surface area contributed by atoms with Gasteiger partial charge in [0.2, 0.25) is 0 Å². The second-order valence-corrected chi connectivity index (χ2v) is 4.35. The summed E-state index contributed by atoms with van der Waals surface area (Å²) < 4.78 is 5.07. The molecule has 0 fully saturated rings. The first kappa shape index (κ1) is 11.3. The van der Waals surface area contributed by atoms with E-state index in [4.69, 9.17) is 4.74 Å². The van der Waals surface area contributed by atoms with Crippen molar-refractivity contribution in [2.75, 3.05) is 13.7 Å². The molecular formula is C13H20O. The molecule has 1 rings (SSSR count). The van der Waals surface area contributed by atoms with Crippen LogP contribution in [0.1, 0.15) is 32.3 Å². The third kappa shape index (κ3) is 3.15. The van der Waals surface area contributed by atoms with Crippen LogP contribution >= 0.6 is 0 Å². The summed E-state index contributed by atoms with van der Waals surface area (Å²) in [6, 6.07) is 10.7. The summed E-state index contributed by atoms with van der Waals surface area (Å²) in [5.41, 5.74) is 1.68. The molecule has 1 aromatic rings. The van der Waals surface area contributed by atoms with Gasteiger partial charge < -0.3 is 4.74 Å². The maximum atomic E-state index is 5.07. The Labute approximate surface area is 87.1 Å². The Morgan fingerprint density at radius 2 is 1.79 bits per heavy atom. The predicted octanol–water partition coefficient (Wildman–Crippen LogP) is 3.39. The van der Waals surface area contributed by atoms with Gasteiger partial charge in [0, 0.05) is 13.7 Å². The van der Waals surface area contributed by atoms with Gasteiger partial charge in [-0.05, 0) is 23.8 Å². The van der Waals surface area contributed by atoms with Crippen LogP contribution in [0.15, 0.2) is 30.3 Å².